The number of aromatic nitrogens is 2. The molecule has 1 atom stereocenters. The van der Waals surface area contributed by atoms with E-state index in [1.165, 1.54) is 12.8 Å². The van der Waals surface area contributed by atoms with Crippen molar-refractivity contribution in [2.45, 2.75) is 50.7 Å². The minimum Gasteiger partial charge on any atom is -0.376 e. The quantitative estimate of drug-likeness (QED) is 0.864. The predicted molar refractivity (Wildman–Crippen MR) is 79.2 cm³/mol. The van der Waals surface area contributed by atoms with Crippen molar-refractivity contribution in [2.75, 3.05) is 18.5 Å². The topological polar surface area (TPSA) is 76.1 Å². The van der Waals surface area contributed by atoms with E-state index < -0.39 is 0 Å². The molecular weight excluding hydrogens is 268 g/mol. The van der Waals surface area contributed by atoms with Gasteiger partial charge in [-0.2, -0.15) is 0 Å². The molecule has 0 bridgehead atoms. The van der Waals surface area contributed by atoms with Crippen molar-refractivity contribution < 1.29 is 9.53 Å². The maximum atomic E-state index is 12.0. The number of hydrogen-bond acceptors (Lipinski definition) is 5. The lowest BCUT2D eigenvalue weighted by atomic mass is 10.2. The molecule has 2 fully saturated rings. The third kappa shape index (κ3) is 3.91. The minimum atomic E-state index is -0.125. The molecule has 21 heavy (non-hydrogen) atoms. The van der Waals surface area contributed by atoms with Crippen LogP contribution in [-0.4, -0.2) is 41.4 Å². The van der Waals surface area contributed by atoms with E-state index in [9.17, 15) is 4.79 Å². The van der Waals surface area contributed by atoms with Crippen LogP contribution in [0.4, 0.5) is 5.82 Å². The number of carbonyl (C=O) groups excluding carboxylic acids is 1. The van der Waals surface area contributed by atoms with Gasteiger partial charge in [-0.3, -0.25) is 4.79 Å². The smallest absolute Gasteiger partial charge is 0.272 e. The Morgan fingerprint density at radius 2 is 2.05 bits per heavy atom. The first kappa shape index (κ1) is 14.3. The van der Waals surface area contributed by atoms with Gasteiger partial charge in [0.1, 0.15) is 5.82 Å². The molecule has 1 amide bonds. The first-order valence-corrected chi connectivity index (χ1v) is 7.81. The molecule has 0 radical (unpaired) electrons. The van der Waals surface area contributed by atoms with Crippen molar-refractivity contribution >= 4 is 11.7 Å². The summed E-state index contributed by atoms with van der Waals surface area (Å²) < 4.78 is 5.54. The number of nitrogens with zero attached hydrogens (tertiary/aromatic N) is 2. The van der Waals surface area contributed by atoms with Gasteiger partial charge in [0.25, 0.3) is 5.91 Å². The summed E-state index contributed by atoms with van der Waals surface area (Å²) in [5.41, 5.74) is 0.379. The van der Waals surface area contributed by atoms with Crippen LogP contribution in [0.15, 0.2) is 12.1 Å². The van der Waals surface area contributed by atoms with Crippen LogP contribution in [0.2, 0.25) is 0 Å². The maximum absolute atomic E-state index is 12.0. The van der Waals surface area contributed by atoms with E-state index in [1.807, 2.05) is 0 Å². The van der Waals surface area contributed by atoms with Crippen LogP contribution in [0, 0.1) is 0 Å². The summed E-state index contributed by atoms with van der Waals surface area (Å²) in [6.07, 6.45) is 7.00. The van der Waals surface area contributed by atoms with Crippen LogP contribution in [0.1, 0.15) is 49.0 Å². The van der Waals surface area contributed by atoms with Gasteiger partial charge < -0.3 is 15.4 Å². The summed E-state index contributed by atoms with van der Waals surface area (Å²) in [5, 5.41) is 14.3. The second-order valence-electron chi connectivity index (χ2n) is 5.77. The molecule has 2 N–H and O–H groups in total. The Bertz CT molecular complexity index is 465. The van der Waals surface area contributed by atoms with E-state index in [0.717, 1.165) is 38.8 Å². The number of ether oxygens (including phenoxy) is 1. The van der Waals surface area contributed by atoms with E-state index in [4.69, 9.17) is 4.74 Å². The molecule has 1 saturated carbocycles. The maximum Gasteiger partial charge on any atom is 0.272 e. The van der Waals surface area contributed by atoms with Crippen LogP contribution < -0.4 is 10.6 Å². The van der Waals surface area contributed by atoms with Crippen molar-refractivity contribution in [2.24, 2.45) is 0 Å². The summed E-state index contributed by atoms with van der Waals surface area (Å²) in [6.45, 7) is 1.58. The Balaban J connectivity index is 1.49. The molecule has 0 spiro atoms. The van der Waals surface area contributed by atoms with Crippen LogP contribution in [-0.2, 0) is 4.74 Å². The number of rotatable bonds is 5. The van der Waals surface area contributed by atoms with Crippen LogP contribution >= 0.6 is 0 Å². The molecule has 1 aliphatic carbocycles. The zero-order chi connectivity index (χ0) is 14.5. The predicted octanol–water partition coefficient (Wildman–Crippen LogP) is 1.74. The second kappa shape index (κ2) is 6.85. The van der Waals surface area contributed by atoms with Crippen molar-refractivity contribution in [1.82, 2.24) is 15.5 Å². The molecule has 1 saturated heterocycles. The van der Waals surface area contributed by atoms with Gasteiger partial charge in [0.05, 0.1) is 6.10 Å². The highest BCUT2D eigenvalue weighted by Crippen LogP contribution is 2.18. The summed E-state index contributed by atoms with van der Waals surface area (Å²) >= 11 is 0. The van der Waals surface area contributed by atoms with E-state index in [1.54, 1.807) is 12.1 Å². The lowest BCUT2D eigenvalue weighted by molar-refractivity contribution is 0.0931. The van der Waals surface area contributed by atoms with Gasteiger partial charge in [-0.25, -0.2) is 0 Å². The third-order valence-corrected chi connectivity index (χ3v) is 4.12. The zero-order valence-corrected chi connectivity index (χ0v) is 12.2. The van der Waals surface area contributed by atoms with Gasteiger partial charge in [-0.1, -0.05) is 12.8 Å². The molecule has 1 aromatic rings. The third-order valence-electron chi connectivity index (χ3n) is 4.12. The standard InChI is InChI=1S/C15H22N4O2/c20-15(17-11-4-1-2-5-11)13-7-8-14(19-18-13)16-10-12-6-3-9-21-12/h7-8,11-12H,1-6,9-10H2,(H,16,19)(H,17,20). The van der Waals surface area contributed by atoms with Gasteiger partial charge in [0.2, 0.25) is 0 Å². The van der Waals surface area contributed by atoms with Gasteiger partial charge >= 0.3 is 0 Å². The van der Waals surface area contributed by atoms with Gasteiger partial charge in [0.15, 0.2) is 5.69 Å². The van der Waals surface area contributed by atoms with Crippen molar-refractivity contribution in [1.29, 1.82) is 0 Å². The number of anilines is 1. The Labute approximate surface area is 124 Å². The summed E-state index contributed by atoms with van der Waals surface area (Å²) in [6, 6.07) is 3.82. The number of nitrogens with one attached hydrogen (secondary N) is 2. The van der Waals surface area contributed by atoms with Crippen LogP contribution in [0.25, 0.3) is 0 Å². The summed E-state index contributed by atoms with van der Waals surface area (Å²) in [5.74, 6) is 0.558. The van der Waals surface area contributed by atoms with E-state index >= 15 is 0 Å². The van der Waals surface area contributed by atoms with E-state index in [-0.39, 0.29) is 12.0 Å². The van der Waals surface area contributed by atoms with Crippen molar-refractivity contribution in [3.05, 3.63) is 17.8 Å². The minimum absolute atomic E-state index is 0.125. The monoisotopic (exact) mass is 290 g/mol. The van der Waals surface area contributed by atoms with Gasteiger partial charge in [-0.05, 0) is 37.8 Å². The first-order chi connectivity index (χ1) is 10.3. The first-order valence-electron chi connectivity index (χ1n) is 7.81. The average molecular weight is 290 g/mol. The van der Waals surface area contributed by atoms with E-state index in [2.05, 4.69) is 20.8 Å². The molecule has 6 nitrogen and oxygen atoms in total. The zero-order valence-electron chi connectivity index (χ0n) is 12.2. The number of carbonyl (C=O) groups is 1. The van der Waals surface area contributed by atoms with Crippen LogP contribution in [0.5, 0.6) is 0 Å². The van der Waals surface area contributed by atoms with Gasteiger partial charge in [0, 0.05) is 19.2 Å². The van der Waals surface area contributed by atoms with Crippen LogP contribution in [0.3, 0.4) is 0 Å². The lowest BCUT2D eigenvalue weighted by Gasteiger charge is -2.12. The van der Waals surface area contributed by atoms with Gasteiger partial charge in [-0.15, -0.1) is 10.2 Å². The lowest BCUT2D eigenvalue weighted by Crippen LogP contribution is -2.33. The molecule has 1 aliphatic heterocycles. The normalized spacial score (nSPS) is 22.4. The largest absolute Gasteiger partial charge is 0.376 e. The highest BCUT2D eigenvalue weighted by molar-refractivity contribution is 5.92. The Morgan fingerprint density at radius 1 is 1.19 bits per heavy atom. The fourth-order valence-electron chi connectivity index (χ4n) is 2.90. The fourth-order valence-corrected chi connectivity index (χ4v) is 2.90. The fraction of sp³-hybridized carbons (Fsp3) is 0.667. The summed E-state index contributed by atoms with van der Waals surface area (Å²) in [4.78, 5) is 12.0. The molecular formula is C15H22N4O2. The molecule has 1 unspecified atom stereocenters. The highest BCUT2D eigenvalue weighted by Gasteiger charge is 2.19. The molecule has 6 heteroatoms. The Morgan fingerprint density at radius 3 is 2.71 bits per heavy atom. The SMILES string of the molecule is O=C(NC1CCCC1)c1ccc(NCC2CCCO2)nn1. The number of hydrogen-bond donors (Lipinski definition) is 2. The molecule has 3 rings (SSSR count). The Hall–Kier alpha value is -1.69. The highest BCUT2D eigenvalue weighted by atomic mass is 16.5. The molecule has 2 heterocycles. The van der Waals surface area contributed by atoms with Crippen molar-refractivity contribution in [3.8, 4) is 0 Å². The molecule has 2 aliphatic rings. The summed E-state index contributed by atoms with van der Waals surface area (Å²) in [7, 11) is 0. The number of amides is 1. The molecule has 0 aromatic carbocycles. The van der Waals surface area contributed by atoms with E-state index in [0.29, 0.717) is 17.6 Å². The Kier molecular flexibility index (Phi) is 4.65. The molecule has 1 aromatic heterocycles. The molecule has 114 valence electrons. The van der Waals surface area contributed by atoms with Crippen molar-refractivity contribution in [3.63, 3.8) is 0 Å². The average Bonchev–Trinajstić information content (AvgIpc) is 3.19. The second-order valence-corrected chi connectivity index (χ2v) is 5.77.